The fourth-order valence-corrected chi connectivity index (χ4v) is 2.28. The maximum Gasteiger partial charge on any atom is 0.172 e. The lowest BCUT2D eigenvalue weighted by atomic mass is 10.3. The average Bonchev–Trinajstić information content (AvgIpc) is 2.76. The molecule has 1 atom stereocenters. The first-order valence-electron chi connectivity index (χ1n) is 5.83. The summed E-state index contributed by atoms with van der Waals surface area (Å²) in [6.45, 7) is 4.23. The van der Waals surface area contributed by atoms with Crippen molar-refractivity contribution in [3.05, 3.63) is 10.8 Å². The molecule has 0 aromatic carbocycles. The second-order valence-electron chi connectivity index (χ2n) is 3.93. The Labute approximate surface area is 100 Å². The molecule has 1 aliphatic rings. The molecule has 2 heterocycles. The van der Waals surface area contributed by atoms with Gasteiger partial charge < -0.3 is 14.2 Å². The zero-order valence-electron chi connectivity index (χ0n) is 9.61. The van der Waals surface area contributed by atoms with Crippen molar-refractivity contribution in [2.24, 2.45) is 0 Å². The van der Waals surface area contributed by atoms with E-state index in [1.54, 1.807) is 11.3 Å². The van der Waals surface area contributed by atoms with Crippen LogP contribution in [0.25, 0.3) is 0 Å². The largest absolute Gasteiger partial charge is 0.485 e. The topological polar surface area (TPSA) is 27.7 Å². The molecule has 1 aromatic rings. The molecule has 2 rings (SSSR count). The van der Waals surface area contributed by atoms with E-state index >= 15 is 0 Å². The van der Waals surface area contributed by atoms with Gasteiger partial charge in [0.1, 0.15) is 6.61 Å². The van der Waals surface area contributed by atoms with E-state index in [0.29, 0.717) is 13.2 Å². The van der Waals surface area contributed by atoms with Gasteiger partial charge in [-0.2, -0.15) is 0 Å². The Kier molecular flexibility index (Phi) is 4.48. The van der Waals surface area contributed by atoms with Crippen LogP contribution >= 0.6 is 11.3 Å². The molecular weight excluding hydrogens is 224 g/mol. The Bertz CT molecular complexity index is 311. The van der Waals surface area contributed by atoms with E-state index in [9.17, 15) is 0 Å². The predicted octanol–water partition coefficient (Wildman–Crippen LogP) is 3.09. The number of fused-ring (bicyclic) bond motifs is 1. The lowest BCUT2D eigenvalue weighted by molar-refractivity contribution is 0.00850. The third-order valence-corrected chi connectivity index (χ3v) is 3.21. The molecule has 0 saturated carbocycles. The number of hydrogen-bond acceptors (Lipinski definition) is 4. The highest BCUT2D eigenvalue weighted by Gasteiger charge is 2.21. The number of ether oxygens (including phenoxy) is 3. The second-order valence-corrected chi connectivity index (χ2v) is 4.68. The first-order chi connectivity index (χ1) is 7.90. The molecule has 0 aliphatic carbocycles. The molecule has 1 aliphatic heterocycles. The van der Waals surface area contributed by atoms with Crippen molar-refractivity contribution in [1.29, 1.82) is 0 Å². The third kappa shape index (κ3) is 3.12. The van der Waals surface area contributed by atoms with Crippen LogP contribution in [0.4, 0.5) is 0 Å². The monoisotopic (exact) mass is 242 g/mol. The van der Waals surface area contributed by atoms with Gasteiger partial charge >= 0.3 is 0 Å². The van der Waals surface area contributed by atoms with Crippen molar-refractivity contribution in [3.63, 3.8) is 0 Å². The molecule has 0 saturated heterocycles. The normalized spacial score (nSPS) is 18.7. The molecule has 0 fully saturated rings. The summed E-state index contributed by atoms with van der Waals surface area (Å²) >= 11 is 1.60. The van der Waals surface area contributed by atoms with E-state index in [-0.39, 0.29) is 6.10 Å². The van der Waals surface area contributed by atoms with Gasteiger partial charge in [0.15, 0.2) is 17.6 Å². The minimum absolute atomic E-state index is 0.0451. The summed E-state index contributed by atoms with van der Waals surface area (Å²) in [4.78, 5) is 0. The van der Waals surface area contributed by atoms with E-state index in [4.69, 9.17) is 14.2 Å². The first kappa shape index (κ1) is 11.7. The number of rotatable bonds is 6. The fraction of sp³-hybridized carbons (Fsp3) is 0.667. The average molecular weight is 242 g/mol. The molecule has 1 unspecified atom stereocenters. The molecule has 3 nitrogen and oxygen atoms in total. The van der Waals surface area contributed by atoms with Crippen LogP contribution in [0.1, 0.15) is 26.2 Å². The van der Waals surface area contributed by atoms with E-state index in [1.165, 1.54) is 12.8 Å². The Morgan fingerprint density at radius 2 is 2.25 bits per heavy atom. The van der Waals surface area contributed by atoms with Crippen molar-refractivity contribution < 1.29 is 14.2 Å². The second kappa shape index (κ2) is 6.11. The molecule has 0 spiro atoms. The summed E-state index contributed by atoms with van der Waals surface area (Å²) in [5, 5.41) is 3.94. The Balaban J connectivity index is 1.65. The number of hydrogen-bond donors (Lipinski definition) is 0. The fourth-order valence-electron chi connectivity index (χ4n) is 1.61. The summed E-state index contributed by atoms with van der Waals surface area (Å²) in [7, 11) is 0. The van der Waals surface area contributed by atoms with Crippen LogP contribution < -0.4 is 9.47 Å². The lowest BCUT2D eigenvalue weighted by Gasteiger charge is -2.24. The van der Waals surface area contributed by atoms with Gasteiger partial charge in [-0.1, -0.05) is 19.8 Å². The number of unbranched alkanes of at least 4 members (excludes halogenated alkanes) is 2. The Morgan fingerprint density at radius 1 is 1.38 bits per heavy atom. The van der Waals surface area contributed by atoms with Gasteiger partial charge in [-0.15, -0.1) is 11.3 Å². The SMILES string of the molecule is CCCCCOCC1COc2cscc2O1. The zero-order valence-corrected chi connectivity index (χ0v) is 10.4. The van der Waals surface area contributed by atoms with Crippen molar-refractivity contribution in [2.75, 3.05) is 19.8 Å². The van der Waals surface area contributed by atoms with Crippen LogP contribution in [-0.4, -0.2) is 25.9 Å². The summed E-state index contributed by atoms with van der Waals surface area (Å²) in [6, 6.07) is 0. The Morgan fingerprint density at radius 3 is 3.12 bits per heavy atom. The van der Waals surface area contributed by atoms with Gasteiger partial charge in [0, 0.05) is 17.4 Å². The summed E-state index contributed by atoms with van der Waals surface area (Å²) in [6.07, 6.45) is 3.64. The minimum Gasteiger partial charge on any atom is -0.485 e. The molecular formula is C12H18O3S. The van der Waals surface area contributed by atoms with Gasteiger partial charge in [-0.3, -0.25) is 0 Å². The molecule has 1 aromatic heterocycles. The van der Waals surface area contributed by atoms with Crippen LogP contribution in [0.2, 0.25) is 0 Å². The van der Waals surface area contributed by atoms with E-state index in [1.807, 2.05) is 10.8 Å². The van der Waals surface area contributed by atoms with Gasteiger partial charge in [0.05, 0.1) is 6.61 Å². The summed E-state index contributed by atoms with van der Waals surface area (Å²) in [5.41, 5.74) is 0. The highest BCUT2D eigenvalue weighted by atomic mass is 32.1. The molecule has 90 valence electrons. The van der Waals surface area contributed by atoms with Crippen molar-refractivity contribution >= 4 is 11.3 Å². The van der Waals surface area contributed by atoms with Gasteiger partial charge in [0.2, 0.25) is 0 Å². The van der Waals surface area contributed by atoms with Crippen molar-refractivity contribution in [3.8, 4) is 11.5 Å². The quantitative estimate of drug-likeness (QED) is 0.717. The van der Waals surface area contributed by atoms with Crippen molar-refractivity contribution in [2.45, 2.75) is 32.3 Å². The standard InChI is InChI=1S/C12H18O3S/c1-2-3-4-5-13-6-10-7-14-11-8-16-9-12(11)15-10/h8-10H,2-7H2,1H3. The highest BCUT2D eigenvalue weighted by Crippen LogP contribution is 2.35. The van der Waals surface area contributed by atoms with Gasteiger partial charge in [-0.05, 0) is 6.42 Å². The zero-order chi connectivity index (χ0) is 11.2. The summed E-state index contributed by atoms with van der Waals surface area (Å²) in [5.74, 6) is 1.73. The van der Waals surface area contributed by atoms with Crippen LogP contribution in [-0.2, 0) is 4.74 Å². The van der Waals surface area contributed by atoms with Crippen molar-refractivity contribution in [1.82, 2.24) is 0 Å². The maximum atomic E-state index is 5.74. The molecule has 0 radical (unpaired) electrons. The van der Waals surface area contributed by atoms with Crippen LogP contribution in [0.5, 0.6) is 11.5 Å². The lowest BCUT2D eigenvalue weighted by Crippen LogP contribution is -2.33. The van der Waals surface area contributed by atoms with Crippen LogP contribution in [0.15, 0.2) is 10.8 Å². The highest BCUT2D eigenvalue weighted by molar-refractivity contribution is 7.08. The molecule has 0 N–H and O–H groups in total. The molecule has 4 heteroatoms. The smallest absolute Gasteiger partial charge is 0.172 e. The first-order valence-corrected chi connectivity index (χ1v) is 6.78. The maximum absolute atomic E-state index is 5.74. The summed E-state index contributed by atoms with van der Waals surface area (Å²) < 4.78 is 16.9. The third-order valence-electron chi connectivity index (χ3n) is 2.51. The van der Waals surface area contributed by atoms with Gasteiger partial charge in [0.25, 0.3) is 0 Å². The van der Waals surface area contributed by atoms with E-state index in [2.05, 4.69) is 6.92 Å². The minimum atomic E-state index is 0.0451. The van der Waals surface area contributed by atoms with E-state index < -0.39 is 0 Å². The molecule has 0 amide bonds. The molecule has 0 bridgehead atoms. The predicted molar refractivity (Wildman–Crippen MR) is 64.6 cm³/mol. The van der Waals surface area contributed by atoms with Crippen LogP contribution in [0.3, 0.4) is 0 Å². The van der Waals surface area contributed by atoms with Crippen LogP contribution in [0, 0.1) is 0 Å². The molecule has 16 heavy (non-hydrogen) atoms. The van der Waals surface area contributed by atoms with Gasteiger partial charge in [-0.25, -0.2) is 0 Å². The van der Waals surface area contributed by atoms with E-state index in [0.717, 1.165) is 24.5 Å². The number of thiophene rings is 1. The Hall–Kier alpha value is -0.740.